The van der Waals surface area contributed by atoms with Crippen molar-refractivity contribution in [3.05, 3.63) is 35.4 Å². The van der Waals surface area contributed by atoms with Gasteiger partial charge in [0, 0.05) is 6.42 Å². The summed E-state index contributed by atoms with van der Waals surface area (Å²) >= 11 is 0. The van der Waals surface area contributed by atoms with E-state index in [1.54, 1.807) is 0 Å². The molecule has 0 saturated heterocycles. The molecule has 2 rings (SSSR count). The number of hydrogen-bond acceptors (Lipinski definition) is 2. The van der Waals surface area contributed by atoms with Crippen molar-refractivity contribution in [3.63, 3.8) is 0 Å². The van der Waals surface area contributed by atoms with Gasteiger partial charge in [0.1, 0.15) is 6.10 Å². The van der Waals surface area contributed by atoms with Crippen LogP contribution in [0.1, 0.15) is 17.2 Å². The number of hydrogen-bond donors (Lipinski definition) is 2. The first-order valence-corrected chi connectivity index (χ1v) is 3.73. The molecule has 1 unspecified atom stereocenters. The second kappa shape index (κ2) is 2.32. The summed E-state index contributed by atoms with van der Waals surface area (Å²) in [5.74, 6) is 0. The molecule has 2 N–H and O–H groups in total. The minimum atomic E-state index is -0.675. The zero-order chi connectivity index (χ0) is 7.84. The second-order valence-electron chi connectivity index (χ2n) is 2.92. The van der Waals surface area contributed by atoms with Crippen molar-refractivity contribution in [2.45, 2.75) is 18.6 Å². The van der Waals surface area contributed by atoms with Crippen molar-refractivity contribution >= 4 is 0 Å². The molecular formula is C9H10O2. The highest BCUT2D eigenvalue weighted by atomic mass is 16.3. The van der Waals surface area contributed by atoms with Crippen molar-refractivity contribution in [1.82, 2.24) is 0 Å². The third-order valence-corrected chi connectivity index (χ3v) is 2.17. The van der Waals surface area contributed by atoms with Crippen LogP contribution in [0, 0.1) is 0 Å². The third-order valence-electron chi connectivity index (χ3n) is 2.17. The standard InChI is InChI=1S/C9H10O2/c10-8-5-6-3-1-2-4-7(6)9(8)11/h1-4,8-11H,5H2/t8?,9-/m0/s1. The number of aliphatic hydroxyl groups is 2. The van der Waals surface area contributed by atoms with E-state index in [2.05, 4.69) is 0 Å². The van der Waals surface area contributed by atoms with Gasteiger partial charge in [0.15, 0.2) is 0 Å². The Bertz CT molecular complexity index is 270. The summed E-state index contributed by atoms with van der Waals surface area (Å²) in [6.45, 7) is 0. The molecule has 1 aliphatic rings. The number of benzene rings is 1. The Hall–Kier alpha value is -0.860. The summed E-state index contributed by atoms with van der Waals surface area (Å²) in [6, 6.07) is 7.59. The maximum absolute atomic E-state index is 9.40. The highest BCUT2D eigenvalue weighted by Gasteiger charge is 2.28. The maximum atomic E-state index is 9.40. The minimum Gasteiger partial charge on any atom is -0.390 e. The number of fused-ring (bicyclic) bond motifs is 1. The quantitative estimate of drug-likeness (QED) is 0.569. The lowest BCUT2D eigenvalue weighted by atomic mass is 10.1. The first-order chi connectivity index (χ1) is 5.29. The van der Waals surface area contributed by atoms with Crippen LogP contribution in [0.2, 0.25) is 0 Å². The van der Waals surface area contributed by atoms with Gasteiger partial charge in [0.05, 0.1) is 6.10 Å². The van der Waals surface area contributed by atoms with Gasteiger partial charge < -0.3 is 10.2 Å². The van der Waals surface area contributed by atoms with E-state index in [0.29, 0.717) is 6.42 Å². The molecule has 2 heteroatoms. The van der Waals surface area contributed by atoms with Crippen LogP contribution in [0.4, 0.5) is 0 Å². The highest BCUT2D eigenvalue weighted by Crippen LogP contribution is 2.30. The maximum Gasteiger partial charge on any atom is 0.105 e. The molecule has 0 heterocycles. The van der Waals surface area contributed by atoms with Gasteiger partial charge in [-0.05, 0) is 11.1 Å². The topological polar surface area (TPSA) is 40.5 Å². The second-order valence-corrected chi connectivity index (χ2v) is 2.92. The Kier molecular flexibility index (Phi) is 1.44. The summed E-state index contributed by atoms with van der Waals surface area (Å²) in [5, 5.41) is 18.7. The Labute approximate surface area is 65.1 Å². The molecule has 0 bridgehead atoms. The number of aliphatic hydroxyl groups excluding tert-OH is 2. The van der Waals surface area contributed by atoms with Crippen LogP contribution >= 0.6 is 0 Å². The predicted molar refractivity (Wildman–Crippen MR) is 41.1 cm³/mol. The van der Waals surface area contributed by atoms with Gasteiger partial charge in [-0.3, -0.25) is 0 Å². The molecule has 1 aromatic carbocycles. The van der Waals surface area contributed by atoms with Crippen LogP contribution in [0.25, 0.3) is 0 Å². The molecule has 0 aliphatic heterocycles. The molecule has 11 heavy (non-hydrogen) atoms. The van der Waals surface area contributed by atoms with E-state index in [-0.39, 0.29) is 0 Å². The fourth-order valence-corrected chi connectivity index (χ4v) is 1.55. The van der Waals surface area contributed by atoms with Gasteiger partial charge >= 0.3 is 0 Å². The zero-order valence-electron chi connectivity index (χ0n) is 6.07. The third kappa shape index (κ3) is 0.951. The van der Waals surface area contributed by atoms with Gasteiger partial charge in [0.25, 0.3) is 0 Å². The Morgan fingerprint density at radius 1 is 1.18 bits per heavy atom. The summed E-state index contributed by atoms with van der Waals surface area (Å²) in [6.07, 6.45) is -0.698. The van der Waals surface area contributed by atoms with Crippen molar-refractivity contribution in [2.75, 3.05) is 0 Å². The van der Waals surface area contributed by atoms with Crippen molar-refractivity contribution in [2.24, 2.45) is 0 Å². The minimum absolute atomic E-state index is 0.581. The molecule has 58 valence electrons. The van der Waals surface area contributed by atoms with Crippen LogP contribution in [0.5, 0.6) is 0 Å². The molecule has 0 saturated carbocycles. The van der Waals surface area contributed by atoms with Crippen molar-refractivity contribution < 1.29 is 10.2 Å². The first kappa shape index (κ1) is 6.83. The fourth-order valence-electron chi connectivity index (χ4n) is 1.55. The first-order valence-electron chi connectivity index (χ1n) is 3.73. The molecule has 0 spiro atoms. The molecule has 1 aromatic rings. The smallest absolute Gasteiger partial charge is 0.105 e. The largest absolute Gasteiger partial charge is 0.390 e. The van der Waals surface area contributed by atoms with Crippen molar-refractivity contribution in [1.29, 1.82) is 0 Å². The monoisotopic (exact) mass is 150 g/mol. The Morgan fingerprint density at radius 2 is 1.91 bits per heavy atom. The van der Waals surface area contributed by atoms with E-state index in [4.69, 9.17) is 0 Å². The Balaban J connectivity index is 2.47. The summed E-state index contributed by atoms with van der Waals surface area (Å²) in [4.78, 5) is 0. The van der Waals surface area contributed by atoms with E-state index < -0.39 is 12.2 Å². The molecule has 1 aliphatic carbocycles. The van der Waals surface area contributed by atoms with E-state index in [1.165, 1.54) is 0 Å². The lowest BCUT2D eigenvalue weighted by Gasteiger charge is -2.06. The summed E-state index contributed by atoms with van der Waals surface area (Å²) in [5.41, 5.74) is 1.94. The lowest BCUT2D eigenvalue weighted by molar-refractivity contribution is 0.0326. The zero-order valence-corrected chi connectivity index (χ0v) is 6.07. The van der Waals surface area contributed by atoms with Gasteiger partial charge in [-0.1, -0.05) is 24.3 Å². The average Bonchev–Trinajstić information content (AvgIpc) is 2.30. The number of rotatable bonds is 0. The van der Waals surface area contributed by atoms with Crippen LogP contribution in [0.15, 0.2) is 24.3 Å². The van der Waals surface area contributed by atoms with E-state index in [9.17, 15) is 10.2 Å². The molecule has 0 radical (unpaired) electrons. The molecular weight excluding hydrogens is 140 g/mol. The van der Waals surface area contributed by atoms with Crippen LogP contribution < -0.4 is 0 Å². The van der Waals surface area contributed by atoms with Gasteiger partial charge in [-0.2, -0.15) is 0 Å². The lowest BCUT2D eigenvalue weighted by Crippen LogP contribution is -2.11. The molecule has 2 atom stereocenters. The fraction of sp³-hybridized carbons (Fsp3) is 0.333. The van der Waals surface area contributed by atoms with Crippen LogP contribution in [0.3, 0.4) is 0 Å². The van der Waals surface area contributed by atoms with E-state index in [0.717, 1.165) is 11.1 Å². The van der Waals surface area contributed by atoms with E-state index in [1.807, 2.05) is 24.3 Å². The van der Waals surface area contributed by atoms with E-state index >= 15 is 0 Å². The normalized spacial score (nSPS) is 28.5. The SMILES string of the molecule is OC1Cc2ccccc2[C@@H]1O. The molecule has 0 fully saturated rings. The average molecular weight is 150 g/mol. The molecule has 2 nitrogen and oxygen atoms in total. The van der Waals surface area contributed by atoms with Gasteiger partial charge in [-0.25, -0.2) is 0 Å². The van der Waals surface area contributed by atoms with Crippen LogP contribution in [-0.4, -0.2) is 16.3 Å². The van der Waals surface area contributed by atoms with Gasteiger partial charge in [-0.15, -0.1) is 0 Å². The Morgan fingerprint density at radius 3 is 2.64 bits per heavy atom. The molecule has 0 amide bonds. The van der Waals surface area contributed by atoms with Gasteiger partial charge in [0.2, 0.25) is 0 Å². The highest BCUT2D eigenvalue weighted by molar-refractivity contribution is 5.34. The van der Waals surface area contributed by atoms with Crippen LogP contribution in [-0.2, 0) is 6.42 Å². The molecule has 0 aromatic heterocycles. The predicted octanol–water partition coefficient (Wildman–Crippen LogP) is 0.637. The summed E-state index contributed by atoms with van der Waals surface area (Å²) < 4.78 is 0. The summed E-state index contributed by atoms with van der Waals surface area (Å²) in [7, 11) is 0. The van der Waals surface area contributed by atoms with Crippen molar-refractivity contribution in [3.8, 4) is 0 Å².